The predicted octanol–water partition coefficient (Wildman–Crippen LogP) is 1.82. The van der Waals surface area contributed by atoms with Crippen molar-refractivity contribution in [2.45, 2.75) is 32.3 Å². The molecule has 19 heavy (non-hydrogen) atoms. The first kappa shape index (κ1) is 13.6. The van der Waals surface area contributed by atoms with Crippen LogP contribution in [0.15, 0.2) is 12.4 Å². The average Bonchev–Trinajstić information content (AvgIpc) is 2.25. The molecule has 1 amide bonds. The summed E-state index contributed by atoms with van der Waals surface area (Å²) in [5.74, 6) is 0.769. The molecule has 1 aliphatic rings. The van der Waals surface area contributed by atoms with Crippen molar-refractivity contribution < 1.29 is 14.3 Å². The molecule has 0 saturated carbocycles. The first-order valence-corrected chi connectivity index (χ1v) is 6.23. The molecule has 0 unspecified atom stereocenters. The largest absolute Gasteiger partial charge is 0.481 e. The minimum Gasteiger partial charge on any atom is -0.481 e. The minimum atomic E-state index is -0.458. The first-order valence-electron chi connectivity index (χ1n) is 6.23. The second-order valence-corrected chi connectivity index (χ2v) is 5.57. The molecule has 1 fully saturated rings. The molecule has 2 rings (SSSR count). The van der Waals surface area contributed by atoms with E-state index in [-0.39, 0.29) is 12.0 Å². The van der Waals surface area contributed by atoms with Crippen LogP contribution in [-0.4, -0.2) is 46.8 Å². The highest BCUT2D eigenvalue weighted by molar-refractivity contribution is 5.69. The molecular formula is C13H19N3O3. The number of nitrogens with zero attached hydrogens (tertiary/aromatic N) is 3. The molecule has 1 aromatic rings. The van der Waals surface area contributed by atoms with Gasteiger partial charge < -0.3 is 14.4 Å². The molecule has 0 radical (unpaired) electrons. The van der Waals surface area contributed by atoms with Crippen molar-refractivity contribution in [3.8, 4) is 5.88 Å². The van der Waals surface area contributed by atoms with Crippen LogP contribution in [0, 0.1) is 0 Å². The van der Waals surface area contributed by atoms with Crippen LogP contribution in [0.1, 0.15) is 32.4 Å². The Hall–Kier alpha value is -1.85. The summed E-state index contributed by atoms with van der Waals surface area (Å²) in [7, 11) is 1.57. The average molecular weight is 265 g/mol. The summed E-state index contributed by atoms with van der Waals surface area (Å²) in [5.41, 5.74) is 0.437. The molecule has 1 saturated heterocycles. The van der Waals surface area contributed by atoms with Gasteiger partial charge in [-0.25, -0.2) is 14.8 Å². The Labute approximate surface area is 112 Å². The number of ether oxygens (including phenoxy) is 2. The first-order chi connectivity index (χ1) is 8.89. The van der Waals surface area contributed by atoms with Crippen molar-refractivity contribution in [3.63, 3.8) is 0 Å². The fourth-order valence-electron chi connectivity index (χ4n) is 1.83. The van der Waals surface area contributed by atoms with E-state index in [0.717, 1.165) is 5.69 Å². The molecule has 2 heterocycles. The second-order valence-electron chi connectivity index (χ2n) is 5.57. The summed E-state index contributed by atoms with van der Waals surface area (Å²) in [4.78, 5) is 21.6. The maximum absolute atomic E-state index is 11.8. The van der Waals surface area contributed by atoms with E-state index in [9.17, 15) is 4.79 Å². The lowest BCUT2D eigenvalue weighted by Crippen LogP contribution is -2.50. The molecule has 6 nitrogen and oxygen atoms in total. The summed E-state index contributed by atoms with van der Waals surface area (Å²) in [6.45, 7) is 6.82. The third-order valence-corrected chi connectivity index (χ3v) is 2.82. The van der Waals surface area contributed by atoms with Gasteiger partial charge in [-0.1, -0.05) is 0 Å². The Kier molecular flexibility index (Phi) is 3.59. The number of rotatable bonds is 2. The Balaban J connectivity index is 1.90. The van der Waals surface area contributed by atoms with Crippen molar-refractivity contribution in [2.75, 3.05) is 20.2 Å². The molecule has 0 spiro atoms. The van der Waals surface area contributed by atoms with E-state index in [2.05, 4.69) is 9.97 Å². The van der Waals surface area contributed by atoms with Crippen molar-refractivity contribution in [1.29, 1.82) is 0 Å². The van der Waals surface area contributed by atoms with Crippen molar-refractivity contribution in [1.82, 2.24) is 14.9 Å². The van der Waals surface area contributed by atoms with E-state index in [0.29, 0.717) is 19.0 Å². The maximum atomic E-state index is 11.8. The van der Waals surface area contributed by atoms with E-state index in [1.807, 2.05) is 20.8 Å². The van der Waals surface area contributed by atoms with Gasteiger partial charge in [-0.3, -0.25) is 0 Å². The summed E-state index contributed by atoms with van der Waals surface area (Å²) < 4.78 is 10.4. The molecule has 0 atom stereocenters. The topological polar surface area (TPSA) is 64.5 Å². The van der Waals surface area contributed by atoms with E-state index >= 15 is 0 Å². The SMILES string of the molecule is COc1cc(C2CN(C(=O)OC(C)(C)C)C2)ncn1. The molecule has 0 N–H and O–H groups in total. The maximum Gasteiger partial charge on any atom is 0.410 e. The molecule has 104 valence electrons. The van der Waals surface area contributed by atoms with E-state index in [4.69, 9.17) is 9.47 Å². The number of aromatic nitrogens is 2. The normalized spacial score (nSPS) is 15.9. The Morgan fingerprint density at radius 2 is 2.05 bits per heavy atom. The highest BCUT2D eigenvalue weighted by Gasteiger charge is 2.35. The lowest BCUT2D eigenvalue weighted by atomic mass is 9.96. The van der Waals surface area contributed by atoms with Gasteiger partial charge in [-0.2, -0.15) is 0 Å². The molecule has 0 bridgehead atoms. The zero-order valence-corrected chi connectivity index (χ0v) is 11.7. The summed E-state index contributed by atoms with van der Waals surface area (Å²) in [6, 6.07) is 1.80. The van der Waals surface area contributed by atoms with Crippen LogP contribution >= 0.6 is 0 Å². The lowest BCUT2D eigenvalue weighted by Gasteiger charge is -2.39. The van der Waals surface area contributed by atoms with Gasteiger partial charge in [-0.15, -0.1) is 0 Å². The number of hydrogen-bond donors (Lipinski definition) is 0. The smallest absolute Gasteiger partial charge is 0.410 e. The molecule has 0 aliphatic carbocycles. The molecular weight excluding hydrogens is 246 g/mol. The zero-order chi connectivity index (χ0) is 14.0. The van der Waals surface area contributed by atoms with Crippen molar-refractivity contribution in [2.24, 2.45) is 0 Å². The fraction of sp³-hybridized carbons (Fsp3) is 0.615. The third kappa shape index (κ3) is 3.33. The van der Waals surface area contributed by atoms with Crippen LogP contribution in [0.3, 0.4) is 0 Å². The summed E-state index contributed by atoms with van der Waals surface area (Å²) in [5, 5.41) is 0. The Morgan fingerprint density at radius 1 is 1.37 bits per heavy atom. The lowest BCUT2D eigenvalue weighted by molar-refractivity contribution is 0.00786. The quantitative estimate of drug-likeness (QED) is 0.816. The molecule has 6 heteroatoms. The van der Waals surface area contributed by atoms with Gasteiger partial charge in [0.15, 0.2) is 0 Å². The van der Waals surface area contributed by atoms with Gasteiger partial charge in [-0.05, 0) is 20.8 Å². The van der Waals surface area contributed by atoms with Crippen LogP contribution in [-0.2, 0) is 4.74 Å². The molecule has 1 aromatic heterocycles. The number of hydrogen-bond acceptors (Lipinski definition) is 5. The minimum absolute atomic E-state index is 0.226. The van der Waals surface area contributed by atoms with E-state index in [1.54, 1.807) is 18.1 Å². The number of amides is 1. The summed E-state index contributed by atoms with van der Waals surface area (Å²) in [6.07, 6.45) is 1.20. The van der Waals surface area contributed by atoms with Crippen LogP contribution in [0.25, 0.3) is 0 Å². The van der Waals surface area contributed by atoms with Gasteiger partial charge in [0.1, 0.15) is 11.9 Å². The number of likely N-dealkylation sites (tertiary alicyclic amines) is 1. The van der Waals surface area contributed by atoms with Gasteiger partial charge in [0.2, 0.25) is 5.88 Å². The fourth-order valence-corrected chi connectivity index (χ4v) is 1.83. The molecule has 1 aliphatic heterocycles. The van der Waals surface area contributed by atoms with Crippen LogP contribution in [0.4, 0.5) is 4.79 Å². The van der Waals surface area contributed by atoms with Gasteiger partial charge in [0, 0.05) is 25.1 Å². The molecule has 0 aromatic carbocycles. The number of carbonyl (C=O) groups excluding carboxylic acids is 1. The van der Waals surface area contributed by atoms with Crippen molar-refractivity contribution in [3.05, 3.63) is 18.1 Å². The van der Waals surface area contributed by atoms with Gasteiger partial charge in [0.05, 0.1) is 12.8 Å². The number of carbonyl (C=O) groups is 1. The standard InChI is InChI=1S/C13H19N3O3/c1-13(2,3)19-12(17)16-6-9(7-16)10-5-11(18-4)15-8-14-10/h5,8-9H,6-7H2,1-4H3. The summed E-state index contributed by atoms with van der Waals surface area (Å²) >= 11 is 0. The Bertz CT molecular complexity index is 464. The van der Waals surface area contributed by atoms with Crippen molar-refractivity contribution >= 4 is 6.09 Å². The zero-order valence-electron chi connectivity index (χ0n) is 11.7. The van der Waals surface area contributed by atoms with E-state index in [1.165, 1.54) is 6.33 Å². The number of methoxy groups -OCH3 is 1. The van der Waals surface area contributed by atoms with E-state index < -0.39 is 5.60 Å². The second kappa shape index (κ2) is 5.03. The van der Waals surface area contributed by atoms with Crippen LogP contribution in [0.5, 0.6) is 5.88 Å². The van der Waals surface area contributed by atoms with Crippen LogP contribution in [0.2, 0.25) is 0 Å². The third-order valence-electron chi connectivity index (χ3n) is 2.82. The highest BCUT2D eigenvalue weighted by atomic mass is 16.6. The van der Waals surface area contributed by atoms with Gasteiger partial charge >= 0.3 is 6.09 Å². The van der Waals surface area contributed by atoms with Gasteiger partial charge in [0.25, 0.3) is 0 Å². The monoisotopic (exact) mass is 265 g/mol. The predicted molar refractivity (Wildman–Crippen MR) is 69.1 cm³/mol. The van der Waals surface area contributed by atoms with Crippen LogP contribution < -0.4 is 4.74 Å². The Morgan fingerprint density at radius 3 is 2.63 bits per heavy atom. The highest BCUT2D eigenvalue weighted by Crippen LogP contribution is 2.28.